The van der Waals surface area contributed by atoms with Gasteiger partial charge < -0.3 is 14.5 Å². The summed E-state index contributed by atoms with van der Waals surface area (Å²) in [5.41, 5.74) is 0.280. The Morgan fingerprint density at radius 2 is 1.96 bits per heavy atom. The van der Waals surface area contributed by atoms with Crippen LogP contribution in [0.4, 0.5) is 0 Å². The smallest absolute Gasteiger partial charge is 0.272 e. The number of carbonyl (C=O) groups is 2. The number of likely N-dealkylation sites (N-methyl/N-ethyl adjacent to an activating group) is 1. The lowest BCUT2D eigenvalue weighted by molar-refractivity contribution is -0.130. The molecule has 1 aromatic heterocycles. The van der Waals surface area contributed by atoms with E-state index >= 15 is 0 Å². The van der Waals surface area contributed by atoms with Gasteiger partial charge in [-0.1, -0.05) is 18.2 Å². The minimum atomic E-state index is -0.286. The molecule has 1 aromatic carbocycles. The molecule has 1 fully saturated rings. The number of hydrogen-bond donors (Lipinski definition) is 0. The molecule has 6 heteroatoms. The van der Waals surface area contributed by atoms with Gasteiger partial charge in [-0.3, -0.25) is 9.59 Å². The number of benzene rings is 1. The van der Waals surface area contributed by atoms with Crippen molar-refractivity contribution in [3.05, 3.63) is 36.0 Å². The molecule has 0 N–H and O–H groups in total. The quantitative estimate of drug-likeness (QED) is 0.861. The van der Waals surface area contributed by atoms with Crippen molar-refractivity contribution in [1.29, 1.82) is 0 Å². The number of fused-ring (bicyclic) bond motifs is 1. The molecule has 0 spiro atoms. The van der Waals surface area contributed by atoms with Crippen LogP contribution in [0.15, 0.2) is 30.3 Å². The summed E-state index contributed by atoms with van der Waals surface area (Å²) in [4.78, 5) is 32.4. The second kappa shape index (κ2) is 6.86. The van der Waals surface area contributed by atoms with Crippen LogP contribution < -0.4 is 4.74 Å². The summed E-state index contributed by atoms with van der Waals surface area (Å²) in [7, 11) is 3.16. The fourth-order valence-corrected chi connectivity index (χ4v) is 2.97. The van der Waals surface area contributed by atoms with Crippen LogP contribution in [0.2, 0.25) is 0 Å². The molecule has 0 saturated carbocycles. The Hall–Kier alpha value is -2.63. The van der Waals surface area contributed by atoms with Gasteiger partial charge in [0.05, 0.1) is 13.7 Å². The van der Waals surface area contributed by atoms with Crippen molar-refractivity contribution in [2.75, 3.05) is 33.8 Å². The normalized spacial score (nSPS) is 14.0. The van der Waals surface area contributed by atoms with E-state index in [1.807, 2.05) is 24.3 Å². The summed E-state index contributed by atoms with van der Waals surface area (Å²) in [5, 5.41) is 1.74. The Labute approximate surface area is 141 Å². The van der Waals surface area contributed by atoms with Crippen molar-refractivity contribution in [3.63, 3.8) is 0 Å². The van der Waals surface area contributed by atoms with Crippen molar-refractivity contribution in [2.24, 2.45) is 0 Å². The average Bonchev–Trinajstić information content (AvgIpc) is 3.14. The number of nitrogens with zero attached hydrogens (tertiary/aromatic N) is 3. The van der Waals surface area contributed by atoms with Crippen LogP contribution in [0, 0.1) is 0 Å². The number of pyridine rings is 1. The van der Waals surface area contributed by atoms with Crippen LogP contribution >= 0.6 is 0 Å². The molecule has 1 aliphatic rings. The molecular weight excluding hydrogens is 306 g/mol. The summed E-state index contributed by atoms with van der Waals surface area (Å²) in [6.07, 6.45) is 2.07. The van der Waals surface area contributed by atoms with Gasteiger partial charge in [-0.05, 0) is 30.4 Å². The molecule has 1 saturated heterocycles. The fourth-order valence-electron chi connectivity index (χ4n) is 2.97. The van der Waals surface area contributed by atoms with Gasteiger partial charge in [0.2, 0.25) is 11.8 Å². The second-order valence-electron chi connectivity index (χ2n) is 5.99. The lowest BCUT2D eigenvalue weighted by Gasteiger charge is -2.21. The first-order valence-electron chi connectivity index (χ1n) is 8.07. The van der Waals surface area contributed by atoms with E-state index in [1.165, 1.54) is 12.0 Å². The highest BCUT2D eigenvalue weighted by molar-refractivity contribution is 5.99. The number of ether oxygens (including phenoxy) is 1. The predicted molar refractivity (Wildman–Crippen MR) is 91.1 cm³/mol. The minimum absolute atomic E-state index is 0.0175. The van der Waals surface area contributed by atoms with Gasteiger partial charge in [0.25, 0.3) is 5.91 Å². The number of aromatic nitrogens is 1. The molecule has 24 heavy (non-hydrogen) atoms. The number of carbonyl (C=O) groups excluding carboxylic acids is 2. The van der Waals surface area contributed by atoms with Crippen LogP contribution in [0.25, 0.3) is 10.8 Å². The summed E-state index contributed by atoms with van der Waals surface area (Å²) >= 11 is 0. The maximum atomic E-state index is 12.6. The van der Waals surface area contributed by atoms with E-state index in [0.29, 0.717) is 5.88 Å². The SMILES string of the molecule is COc1nc(C(=O)N(C)CC(=O)N2CCCC2)cc2ccccc12. The summed E-state index contributed by atoms with van der Waals surface area (Å²) in [6, 6.07) is 9.34. The summed E-state index contributed by atoms with van der Waals surface area (Å²) < 4.78 is 5.30. The summed E-state index contributed by atoms with van der Waals surface area (Å²) in [5.74, 6) is 0.110. The number of likely N-dealkylation sites (tertiary alicyclic amines) is 1. The van der Waals surface area contributed by atoms with E-state index in [1.54, 1.807) is 18.0 Å². The third kappa shape index (κ3) is 3.18. The molecule has 0 aliphatic carbocycles. The molecular formula is C18H21N3O3. The number of rotatable bonds is 4. The minimum Gasteiger partial charge on any atom is -0.481 e. The Bertz CT molecular complexity index is 769. The molecule has 0 bridgehead atoms. The average molecular weight is 327 g/mol. The first-order chi connectivity index (χ1) is 11.6. The van der Waals surface area contributed by atoms with E-state index in [2.05, 4.69) is 4.98 Å². The number of amides is 2. The summed E-state index contributed by atoms with van der Waals surface area (Å²) in [6.45, 7) is 1.63. The van der Waals surface area contributed by atoms with E-state index in [0.717, 1.165) is 36.7 Å². The van der Waals surface area contributed by atoms with Gasteiger partial charge in [0.15, 0.2) is 0 Å². The highest BCUT2D eigenvalue weighted by Gasteiger charge is 2.23. The Balaban J connectivity index is 1.81. The molecule has 2 aromatic rings. The standard InChI is InChI=1S/C18H21N3O3/c1-20(12-16(22)21-9-5-6-10-21)18(23)15-11-13-7-3-4-8-14(13)17(19-15)24-2/h3-4,7-8,11H,5-6,9-10,12H2,1-2H3. The van der Waals surface area contributed by atoms with Gasteiger partial charge in [-0.25, -0.2) is 4.98 Å². The molecule has 2 heterocycles. The fraction of sp³-hybridized carbons (Fsp3) is 0.389. The molecule has 1 aliphatic heterocycles. The Morgan fingerprint density at radius 1 is 1.25 bits per heavy atom. The van der Waals surface area contributed by atoms with Gasteiger partial charge in [0, 0.05) is 25.5 Å². The largest absolute Gasteiger partial charge is 0.481 e. The maximum Gasteiger partial charge on any atom is 0.272 e. The van der Waals surface area contributed by atoms with Gasteiger partial charge in [0.1, 0.15) is 5.69 Å². The van der Waals surface area contributed by atoms with Crippen LogP contribution in [-0.4, -0.2) is 60.4 Å². The van der Waals surface area contributed by atoms with Crippen LogP contribution in [0.5, 0.6) is 5.88 Å². The van der Waals surface area contributed by atoms with Gasteiger partial charge in [-0.15, -0.1) is 0 Å². The number of methoxy groups -OCH3 is 1. The van der Waals surface area contributed by atoms with Crippen LogP contribution in [0.1, 0.15) is 23.3 Å². The van der Waals surface area contributed by atoms with E-state index in [9.17, 15) is 9.59 Å². The van der Waals surface area contributed by atoms with Crippen molar-refractivity contribution in [1.82, 2.24) is 14.8 Å². The molecule has 3 rings (SSSR count). The Morgan fingerprint density at radius 3 is 2.67 bits per heavy atom. The lowest BCUT2D eigenvalue weighted by Crippen LogP contribution is -2.40. The van der Waals surface area contributed by atoms with Gasteiger partial charge in [-0.2, -0.15) is 0 Å². The van der Waals surface area contributed by atoms with Crippen molar-refractivity contribution >= 4 is 22.6 Å². The molecule has 6 nitrogen and oxygen atoms in total. The Kier molecular flexibility index (Phi) is 4.64. The predicted octanol–water partition coefficient (Wildman–Crippen LogP) is 1.94. The first kappa shape index (κ1) is 16.2. The monoisotopic (exact) mass is 327 g/mol. The van der Waals surface area contributed by atoms with Crippen molar-refractivity contribution in [3.8, 4) is 5.88 Å². The lowest BCUT2D eigenvalue weighted by atomic mass is 10.1. The van der Waals surface area contributed by atoms with Crippen LogP contribution in [0.3, 0.4) is 0 Å². The molecule has 0 radical (unpaired) electrons. The van der Waals surface area contributed by atoms with E-state index in [4.69, 9.17) is 4.74 Å². The zero-order chi connectivity index (χ0) is 17.1. The van der Waals surface area contributed by atoms with Gasteiger partial charge >= 0.3 is 0 Å². The van der Waals surface area contributed by atoms with Crippen molar-refractivity contribution in [2.45, 2.75) is 12.8 Å². The highest BCUT2D eigenvalue weighted by Crippen LogP contribution is 2.24. The van der Waals surface area contributed by atoms with Crippen LogP contribution in [-0.2, 0) is 4.79 Å². The zero-order valence-corrected chi connectivity index (χ0v) is 14.0. The van der Waals surface area contributed by atoms with E-state index in [-0.39, 0.29) is 24.1 Å². The second-order valence-corrected chi connectivity index (χ2v) is 5.99. The molecule has 126 valence electrons. The topological polar surface area (TPSA) is 62.7 Å². The molecule has 2 amide bonds. The van der Waals surface area contributed by atoms with E-state index < -0.39 is 0 Å². The first-order valence-corrected chi connectivity index (χ1v) is 8.07. The maximum absolute atomic E-state index is 12.6. The zero-order valence-electron chi connectivity index (χ0n) is 14.0. The molecule has 0 unspecified atom stereocenters. The third-order valence-electron chi connectivity index (χ3n) is 4.30. The number of hydrogen-bond acceptors (Lipinski definition) is 4. The molecule has 0 atom stereocenters. The highest BCUT2D eigenvalue weighted by atomic mass is 16.5. The van der Waals surface area contributed by atoms with Crippen molar-refractivity contribution < 1.29 is 14.3 Å². The third-order valence-corrected chi connectivity index (χ3v) is 4.30.